The van der Waals surface area contributed by atoms with Crippen molar-refractivity contribution in [1.82, 2.24) is 9.55 Å². The van der Waals surface area contributed by atoms with E-state index in [1.807, 2.05) is 0 Å². The Kier molecular flexibility index (Phi) is 6.00. The van der Waals surface area contributed by atoms with Crippen LogP contribution in [0.3, 0.4) is 0 Å². The molecule has 2 aromatic carbocycles. The summed E-state index contributed by atoms with van der Waals surface area (Å²) >= 11 is 0. The van der Waals surface area contributed by atoms with E-state index in [1.54, 1.807) is 49.6 Å². The number of nitrogens with zero attached hydrogens (tertiary/aromatic N) is 2. The molecule has 0 bridgehead atoms. The van der Waals surface area contributed by atoms with Gasteiger partial charge in [-0.1, -0.05) is 30.3 Å². The second-order valence-electron chi connectivity index (χ2n) is 8.85. The lowest BCUT2D eigenvalue weighted by Crippen LogP contribution is -2.53. The van der Waals surface area contributed by atoms with Crippen molar-refractivity contribution in [3.8, 4) is 0 Å². The number of hydrogen-bond acceptors (Lipinski definition) is 4. The summed E-state index contributed by atoms with van der Waals surface area (Å²) in [4.78, 5) is 4.28. The summed E-state index contributed by atoms with van der Waals surface area (Å²) in [5.74, 6) is 0. The maximum Gasteiger partial charge on any atom is 0.430 e. The average molecular weight is 512 g/mol. The zero-order chi connectivity index (χ0) is 26.7. The average Bonchev–Trinajstić information content (AvgIpc) is 3.44. The lowest BCUT2D eigenvalue weighted by atomic mass is 9.86. The van der Waals surface area contributed by atoms with Gasteiger partial charge in [-0.05, 0) is 50.1 Å². The third-order valence-electron chi connectivity index (χ3n) is 6.53. The van der Waals surface area contributed by atoms with Gasteiger partial charge in [0.2, 0.25) is 0 Å². The number of benzene rings is 2. The molecule has 0 radical (unpaired) electrons. The predicted octanol–water partition coefficient (Wildman–Crippen LogP) is 6.12. The van der Waals surface area contributed by atoms with Gasteiger partial charge in [0.15, 0.2) is 6.39 Å². The molecule has 2 unspecified atom stereocenters. The molecule has 0 aliphatic carbocycles. The van der Waals surface area contributed by atoms with Crippen LogP contribution in [0.5, 0.6) is 0 Å². The lowest BCUT2D eigenvalue weighted by Gasteiger charge is -2.34. The van der Waals surface area contributed by atoms with E-state index in [4.69, 9.17) is 4.42 Å². The Balaban J connectivity index is 2.00. The first-order chi connectivity index (χ1) is 16.6. The summed E-state index contributed by atoms with van der Waals surface area (Å²) < 4.78 is 87.6. The summed E-state index contributed by atoms with van der Waals surface area (Å²) in [6.07, 6.45) is -10.2. The van der Waals surface area contributed by atoms with Crippen LogP contribution in [0.25, 0.3) is 10.9 Å². The highest BCUT2D eigenvalue weighted by Crippen LogP contribution is 2.51. The highest BCUT2D eigenvalue weighted by atomic mass is 19.4. The molecule has 0 saturated heterocycles. The molecular weight excluding hydrogens is 490 g/mol. The van der Waals surface area contributed by atoms with Gasteiger partial charge in [0.25, 0.3) is 5.60 Å². The van der Waals surface area contributed by atoms with Crippen molar-refractivity contribution in [1.29, 1.82) is 0 Å². The summed E-state index contributed by atoms with van der Waals surface area (Å²) in [5, 5.41) is 20.0. The largest absolute Gasteiger partial charge is 0.451 e. The molecule has 36 heavy (non-hydrogen) atoms. The minimum Gasteiger partial charge on any atom is -0.451 e. The second kappa shape index (κ2) is 8.38. The number of aryl methyl sites for hydroxylation is 1. The van der Waals surface area contributed by atoms with Gasteiger partial charge in [0.05, 0.1) is 6.10 Å². The molecule has 0 fully saturated rings. The van der Waals surface area contributed by atoms with Gasteiger partial charge < -0.3 is 19.2 Å². The first kappa shape index (κ1) is 25.8. The smallest absolute Gasteiger partial charge is 0.430 e. The quantitative estimate of drug-likeness (QED) is 0.317. The summed E-state index contributed by atoms with van der Waals surface area (Å²) in [5.41, 5.74) is -5.06. The van der Waals surface area contributed by atoms with E-state index in [0.717, 1.165) is 6.07 Å². The van der Waals surface area contributed by atoms with Crippen LogP contribution >= 0.6 is 0 Å². The molecule has 5 nitrogen and oxygen atoms in total. The number of oxazole rings is 1. The minimum atomic E-state index is -5.99. The zero-order valence-electron chi connectivity index (χ0n) is 19.3. The molecule has 192 valence electrons. The van der Waals surface area contributed by atoms with Crippen LogP contribution in [0.2, 0.25) is 0 Å². The van der Waals surface area contributed by atoms with E-state index in [0.29, 0.717) is 40.2 Å². The molecule has 2 atom stereocenters. The van der Waals surface area contributed by atoms with Crippen molar-refractivity contribution >= 4 is 10.9 Å². The Morgan fingerprint density at radius 3 is 2.17 bits per heavy atom. The number of aliphatic hydroxyl groups is 2. The molecule has 4 rings (SSSR count). The minimum absolute atomic E-state index is 0.0540. The maximum absolute atomic E-state index is 13.5. The molecule has 2 heterocycles. The van der Waals surface area contributed by atoms with Crippen LogP contribution in [0.4, 0.5) is 26.3 Å². The van der Waals surface area contributed by atoms with Gasteiger partial charge in [-0.15, -0.1) is 0 Å². The van der Waals surface area contributed by atoms with E-state index in [9.17, 15) is 36.6 Å². The summed E-state index contributed by atoms with van der Waals surface area (Å²) in [7, 11) is 0. The normalized spacial score (nSPS) is 15.8. The molecule has 2 aromatic heterocycles. The van der Waals surface area contributed by atoms with E-state index < -0.39 is 35.2 Å². The molecule has 4 aromatic rings. The van der Waals surface area contributed by atoms with Crippen molar-refractivity contribution < 1.29 is 41.0 Å². The lowest BCUT2D eigenvalue weighted by molar-refractivity contribution is -0.376. The van der Waals surface area contributed by atoms with E-state index in [-0.39, 0.29) is 5.39 Å². The van der Waals surface area contributed by atoms with Gasteiger partial charge in [-0.3, -0.25) is 0 Å². The van der Waals surface area contributed by atoms with Gasteiger partial charge >= 0.3 is 12.4 Å². The monoisotopic (exact) mass is 512 g/mol. The van der Waals surface area contributed by atoms with E-state index in [2.05, 4.69) is 4.98 Å². The molecule has 0 saturated carbocycles. The van der Waals surface area contributed by atoms with Crippen molar-refractivity contribution in [2.75, 3.05) is 0 Å². The molecule has 0 aliphatic heterocycles. The van der Waals surface area contributed by atoms with Crippen molar-refractivity contribution in [2.45, 2.75) is 50.4 Å². The highest BCUT2D eigenvalue weighted by Gasteiger charge is 2.71. The number of hydrogen-bond donors (Lipinski definition) is 2. The third kappa shape index (κ3) is 3.77. The van der Waals surface area contributed by atoms with Crippen molar-refractivity contribution in [3.05, 3.63) is 89.3 Å². The number of rotatable bonds is 5. The first-order valence-electron chi connectivity index (χ1n) is 10.8. The van der Waals surface area contributed by atoms with Crippen LogP contribution in [0.1, 0.15) is 48.0 Å². The van der Waals surface area contributed by atoms with Crippen LogP contribution in [-0.2, 0) is 11.1 Å². The van der Waals surface area contributed by atoms with Crippen LogP contribution in [0.15, 0.2) is 65.6 Å². The van der Waals surface area contributed by atoms with Crippen LogP contribution in [-0.4, -0.2) is 32.1 Å². The predicted molar refractivity (Wildman–Crippen MR) is 118 cm³/mol. The van der Waals surface area contributed by atoms with Gasteiger partial charge in [-0.2, -0.15) is 26.3 Å². The third-order valence-corrected chi connectivity index (χ3v) is 6.53. The second-order valence-corrected chi connectivity index (χ2v) is 8.85. The van der Waals surface area contributed by atoms with Crippen molar-refractivity contribution in [3.63, 3.8) is 0 Å². The Morgan fingerprint density at radius 2 is 1.61 bits per heavy atom. The summed E-state index contributed by atoms with van der Waals surface area (Å²) in [6.45, 7) is 5.01. The number of fused-ring (bicyclic) bond motifs is 1. The van der Waals surface area contributed by atoms with E-state index >= 15 is 0 Å². The molecule has 0 spiro atoms. The standard InChI is InChI=1S/C25H22F6N2O3/c1-14-9-17-11-19(23(35,24(26,27)28)25(29,30)31)7-8-20(17)33(14)22(3,21-12-36-13-32-21)18-6-4-5-16(10-18)15(2)34/h4-13,15,34-35H,1-3H3. The first-order valence-corrected chi connectivity index (χ1v) is 10.8. The number of aliphatic hydroxyl groups excluding tert-OH is 1. The topological polar surface area (TPSA) is 71.4 Å². The Hall–Kier alpha value is -3.31. The maximum atomic E-state index is 13.5. The van der Waals surface area contributed by atoms with Crippen LogP contribution < -0.4 is 0 Å². The highest BCUT2D eigenvalue weighted by molar-refractivity contribution is 5.83. The Morgan fingerprint density at radius 1 is 0.944 bits per heavy atom. The molecule has 2 N–H and O–H groups in total. The zero-order valence-corrected chi connectivity index (χ0v) is 19.3. The van der Waals surface area contributed by atoms with E-state index in [1.165, 1.54) is 18.7 Å². The van der Waals surface area contributed by atoms with Gasteiger partial charge in [0.1, 0.15) is 17.5 Å². The Bertz CT molecular complexity index is 1380. The number of halogens is 6. The number of alkyl halides is 6. The fraction of sp³-hybridized carbons (Fsp3) is 0.320. The molecule has 0 amide bonds. The summed E-state index contributed by atoms with van der Waals surface area (Å²) in [6, 6.07) is 10.8. The fourth-order valence-corrected chi connectivity index (χ4v) is 4.61. The Labute approximate surface area is 201 Å². The molecular formula is C25H22F6N2O3. The molecule has 0 aliphatic rings. The van der Waals surface area contributed by atoms with Crippen molar-refractivity contribution in [2.24, 2.45) is 0 Å². The molecule has 11 heteroatoms. The van der Waals surface area contributed by atoms with Gasteiger partial charge in [0, 0.05) is 22.2 Å². The fourth-order valence-electron chi connectivity index (χ4n) is 4.61. The SMILES string of the molecule is Cc1cc2cc(C(O)(C(F)(F)F)C(F)(F)F)ccc2n1C(C)(c1cccc(C(C)O)c1)c1cocn1. The van der Waals surface area contributed by atoms with Gasteiger partial charge in [-0.25, -0.2) is 4.98 Å². The number of aromatic nitrogens is 2. The van der Waals surface area contributed by atoms with Crippen LogP contribution in [0, 0.1) is 6.92 Å².